The maximum atomic E-state index is 12.4. The summed E-state index contributed by atoms with van der Waals surface area (Å²) in [5.74, 6) is -1.11. The highest BCUT2D eigenvalue weighted by atomic mass is 19.4. The second-order valence-corrected chi connectivity index (χ2v) is 8.08. The van der Waals surface area contributed by atoms with E-state index in [1.807, 2.05) is 13.8 Å². The van der Waals surface area contributed by atoms with Crippen LogP contribution in [0.3, 0.4) is 0 Å². The Morgan fingerprint density at radius 1 is 1.21 bits per heavy atom. The zero-order valence-corrected chi connectivity index (χ0v) is 18.0. The molecule has 33 heavy (non-hydrogen) atoms. The van der Waals surface area contributed by atoms with E-state index in [1.54, 1.807) is 6.07 Å². The summed E-state index contributed by atoms with van der Waals surface area (Å²) >= 11 is 0. The molecule has 0 spiro atoms. The number of carbonyl (C=O) groups excluding carboxylic acids is 2. The molecule has 0 N–H and O–H groups in total. The Balaban J connectivity index is 1.51. The van der Waals surface area contributed by atoms with Gasteiger partial charge in [0.1, 0.15) is 17.6 Å². The van der Waals surface area contributed by atoms with Gasteiger partial charge < -0.3 is 14.2 Å². The largest absolute Gasteiger partial charge is 0.573 e. The summed E-state index contributed by atoms with van der Waals surface area (Å²) < 4.78 is 51.7. The molecule has 1 fully saturated rings. The van der Waals surface area contributed by atoms with Crippen molar-refractivity contribution in [2.75, 3.05) is 0 Å². The van der Waals surface area contributed by atoms with Crippen molar-refractivity contribution in [2.45, 2.75) is 39.2 Å². The van der Waals surface area contributed by atoms with Gasteiger partial charge in [-0.25, -0.2) is 9.59 Å². The van der Waals surface area contributed by atoms with E-state index in [-0.39, 0.29) is 11.7 Å². The molecule has 1 saturated heterocycles. The standard InChI is InChI=1S/C25H21F3O5/c1-13-12-20(15(3)22-18(13)9-10-19-14(2)24(30)32-23(19)22)31-21(29)11-6-16-4-7-17(8-5-16)33-25(26,27)28/h4-8,11-12,19,23H,2,9-10H2,1,3H3. The molecule has 2 aromatic carbocycles. The number of carbonyl (C=O) groups is 2. The Morgan fingerprint density at radius 2 is 1.91 bits per heavy atom. The van der Waals surface area contributed by atoms with Gasteiger partial charge in [0.15, 0.2) is 0 Å². The van der Waals surface area contributed by atoms with Crippen molar-refractivity contribution in [3.8, 4) is 11.5 Å². The van der Waals surface area contributed by atoms with E-state index < -0.39 is 24.4 Å². The van der Waals surface area contributed by atoms with E-state index in [4.69, 9.17) is 9.47 Å². The zero-order chi connectivity index (χ0) is 23.9. The van der Waals surface area contributed by atoms with Gasteiger partial charge in [-0.1, -0.05) is 18.7 Å². The van der Waals surface area contributed by atoms with Crippen molar-refractivity contribution in [3.63, 3.8) is 0 Å². The summed E-state index contributed by atoms with van der Waals surface area (Å²) in [7, 11) is 0. The number of aryl methyl sites for hydroxylation is 1. The molecule has 2 aromatic rings. The molecule has 8 heteroatoms. The first kappa shape index (κ1) is 22.6. The van der Waals surface area contributed by atoms with Gasteiger partial charge in [-0.15, -0.1) is 13.2 Å². The Bertz CT molecular complexity index is 1160. The quantitative estimate of drug-likeness (QED) is 0.342. The predicted octanol–water partition coefficient (Wildman–Crippen LogP) is 5.54. The summed E-state index contributed by atoms with van der Waals surface area (Å²) in [6.07, 6.45) is -1.03. The predicted molar refractivity (Wildman–Crippen MR) is 113 cm³/mol. The molecular formula is C25H21F3O5. The lowest BCUT2D eigenvalue weighted by Gasteiger charge is -2.30. The lowest BCUT2D eigenvalue weighted by atomic mass is 9.76. The number of ether oxygens (including phenoxy) is 3. The molecule has 5 nitrogen and oxygen atoms in total. The third kappa shape index (κ3) is 4.65. The molecular weight excluding hydrogens is 437 g/mol. The molecule has 2 aliphatic rings. The number of halogens is 3. The van der Waals surface area contributed by atoms with Crippen LogP contribution in [0.2, 0.25) is 0 Å². The normalized spacial score (nSPS) is 19.8. The summed E-state index contributed by atoms with van der Waals surface area (Å²) in [6, 6.07) is 6.88. The average molecular weight is 458 g/mol. The fourth-order valence-corrected chi connectivity index (χ4v) is 4.37. The van der Waals surface area contributed by atoms with E-state index >= 15 is 0 Å². The van der Waals surface area contributed by atoms with Crippen LogP contribution in [-0.2, 0) is 20.7 Å². The highest BCUT2D eigenvalue weighted by Gasteiger charge is 2.44. The molecule has 0 saturated carbocycles. The fraction of sp³-hybridized carbons (Fsp3) is 0.280. The number of fused-ring (bicyclic) bond motifs is 3. The summed E-state index contributed by atoms with van der Waals surface area (Å²) in [5, 5.41) is 0. The molecule has 1 heterocycles. The molecule has 2 atom stereocenters. The lowest BCUT2D eigenvalue weighted by molar-refractivity contribution is -0.274. The van der Waals surface area contributed by atoms with Crippen LogP contribution < -0.4 is 9.47 Å². The summed E-state index contributed by atoms with van der Waals surface area (Å²) in [6.45, 7) is 7.60. The molecule has 0 radical (unpaired) electrons. The van der Waals surface area contributed by atoms with Gasteiger partial charge in [0.25, 0.3) is 0 Å². The van der Waals surface area contributed by atoms with Gasteiger partial charge in [-0.2, -0.15) is 0 Å². The number of rotatable bonds is 4. The van der Waals surface area contributed by atoms with Crippen LogP contribution >= 0.6 is 0 Å². The van der Waals surface area contributed by atoms with Crippen molar-refractivity contribution >= 4 is 18.0 Å². The summed E-state index contributed by atoms with van der Waals surface area (Å²) in [5.41, 5.74) is 4.59. The average Bonchev–Trinajstić information content (AvgIpc) is 3.03. The number of hydrogen-bond acceptors (Lipinski definition) is 5. The van der Waals surface area contributed by atoms with Crippen molar-refractivity contribution in [2.24, 2.45) is 5.92 Å². The first-order chi connectivity index (χ1) is 15.5. The first-order valence-corrected chi connectivity index (χ1v) is 10.3. The van der Waals surface area contributed by atoms with E-state index in [9.17, 15) is 22.8 Å². The number of alkyl halides is 3. The van der Waals surface area contributed by atoms with E-state index in [1.165, 1.54) is 24.3 Å². The second-order valence-electron chi connectivity index (χ2n) is 8.08. The number of hydrogen-bond donors (Lipinski definition) is 0. The van der Waals surface area contributed by atoms with Gasteiger partial charge in [-0.05, 0) is 73.2 Å². The molecule has 0 amide bonds. The van der Waals surface area contributed by atoms with Crippen LogP contribution in [0.1, 0.15) is 40.3 Å². The summed E-state index contributed by atoms with van der Waals surface area (Å²) in [4.78, 5) is 24.5. The third-order valence-electron chi connectivity index (χ3n) is 5.96. The lowest BCUT2D eigenvalue weighted by Crippen LogP contribution is -2.21. The Morgan fingerprint density at radius 3 is 2.58 bits per heavy atom. The SMILES string of the molecule is C=C1C(=O)OC2c3c(C)c(OC(=O)C=Cc4ccc(OC(F)(F)F)cc4)cc(C)c3CCC12. The molecule has 0 bridgehead atoms. The highest BCUT2D eigenvalue weighted by molar-refractivity contribution is 5.91. The van der Waals surface area contributed by atoms with Crippen molar-refractivity contribution in [1.29, 1.82) is 0 Å². The topological polar surface area (TPSA) is 61.8 Å². The molecule has 1 aliphatic carbocycles. The van der Waals surface area contributed by atoms with Gasteiger partial charge in [0.2, 0.25) is 0 Å². The van der Waals surface area contributed by atoms with Gasteiger partial charge >= 0.3 is 18.3 Å². The van der Waals surface area contributed by atoms with Crippen LogP contribution in [0.15, 0.2) is 48.6 Å². The first-order valence-electron chi connectivity index (χ1n) is 10.3. The fourth-order valence-electron chi connectivity index (χ4n) is 4.37. The van der Waals surface area contributed by atoms with Crippen molar-refractivity contribution in [3.05, 3.63) is 76.4 Å². The van der Waals surface area contributed by atoms with E-state index in [2.05, 4.69) is 11.3 Å². The van der Waals surface area contributed by atoms with Crippen LogP contribution in [-0.4, -0.2) is 18.3 Å². The van der Waals surface area contributed by atoms with E-state index in [0.717, 1.165) is 47.2 Å². The van der Waals surface area contributed by atoms with Crippen LogP contribution in [0.25, 0.3) is 6.08 Å². The van der Waals surface area contributed by atoms with E-state index in [0.29, 0.717) is 16.9 Å². The van der Waals surface area contributed by atoms with Crippen LogP contribution in [0, 0.1) is 19.8 Å². The third-order valence-corrected chi connectivity index (χ3v) is 5.96. The maximum absolute atomic E-state index is 12.4. The van der Waals surface area contributed by atoms with Gasteiger partial charge in [0.05, 0.1) is 0 Å². The minimum Gasteiger partial charge on any atom is -0.453 e. The maximum Gasteiger partial charge on any atom is 0.573 e. The smallest absolute Gasteiger partial charge is 0.453 e. The Hall–Kier alpha value is -3.55. The Kier molecular flexibility index (Phi) is 5.78. The van der Waals surface area contributed by atoms with Gasteiger partial charge in [0, 0.05) is 23.1 Å². The Labute approximate surface area is 188 Å². The van der Waals surface area contributed by atoms with Crippen LogP contribution in [0.4, 0.5) is 13.2 Å². The highest BCUT2D eigenvalue weighted by Crippen LogP contribution is 2.49. The molecule has 1 aliphatic heterocycles. The molecule has 4 rings (SSSR count). The molecule has 0 aromatic heterocycles. The molecule has 172 valence electrons. The van der Waals surface area contributed by atoms with Crippen molar-refractivity contribution in [1.82, 2.24) is 0 Å². The number of benzene rings is 2. The second kappa shape index (κ2) is 8.42. The van der Waals surface area contributed by atoms with Crippen molar-refractivity contribution < 1.29 is 37.0 Å². The monoisotopic (exact) mass is 458 g/mol. The number of esters is 2. The van der Waals surface area contributed by atoms with Gasteiger partial charge in [-0.3, -0.25) is 0 Å². The zero-order valence-electron chi connectivity index (χ0n) is 18.0. The van der Waals surface area contributed by atoms with Crippen LogP contribution in [0.5, 0.6) is 11.5 Å². The minimum atomic E-state index is -4.77. The minimum absolute atomic E-state index is 0.0850. The molecule has 2 unspecified atom stereocenters.